The van der Waals surface area contributed by atoms with Gasteiger partial charge < -0.3 is 18.9 Å². The van der Waals surface area contributed by atoms with Crippen LogP contribution in [-0.2, 0) is 6.61 Å². The standard InChI is InChI=1S/C22H25N3O3/c1-16-11-13-25(14-12-16)18-5-3-17(4-6-18)22-23-21(28-24-22)15-27-20-9-7-19(26-2)8-10-20/h3-10,16H,11-15H2,1-2H3. The molecule has 28 heavy (non-hydrogen) atoms. The van der Waals surface area contributed by atoms with Gasteiger partial charge in [0.2, 0.25) is 5.82 Å². The van der Waals surface area contributed by atoms with Crippen LogP contribution in [0.3, 0.4) is 0 Å². The molecule has 0 spiro atoms. The molecule has 1 aliphatic heterocycles. The molecule has 1 aromatic heterocycles. The van der Waals surface area contributed by atoms with Gasteiger partial charge in [0.25, 0.3) is 5.89 Å². The first-order chi connectivity index (χ1) is 13.7. The molecule has 0 bridgehead atoms. The summed E-state index contributed by atoms with van der Waals surface area (Å²) in [5.41, 5.74) is 2.19. The number of benzene rings is 2. The molecule has 2 aromatic carbocycles. The van der Waals surface area contributed by atoms with Crippen LogP contribution in [-0.4, -0.2) is 30.3 Å². The summed E-state index contributed by atoms with van der Waals surface area (Å²) in [6, 6.07) is 15.7. The fourth-order valence-electron chi connectivity index (χ4n) is 3.34. The van der Waals surface area contributed by atoms with Crippen molar-refractivity contribution in [2.75, 3.05) is 25.1 Å². The molecule has 0 atom stereocenters. The zero-order chi connectivity index (χ0) is 19.3. The number of methoxy groups -OCH3 is 1. The van der Waals surface area contributed by atoms with Crippen molar-refractivity contribution in [2.24, 2.45) is 5.92 Å². The molecule has 6 nitrogen and oxygen atoms in total. The van der Waals surface area contributed by atoms with Crippen LogP contribution < -0.4 is 14.4 Å². The number of rotatable bonds is 6. The Morgan fingerprint density at radius 1 is 1.00 bits per heavy atom. The van der Waals surface area contributed by atoms with E-state index in [0.29, 0.717) is 11.7 Å². The van der Waals surface area contributed by atoms with Crippen LogP contribution in [0.25, 0.3) is 11.4 Å². The number of ether oxygens (including phenoxy) is 2. The second-order valence-corrected chi connectivity index (χ2v) is 7.19. The summed E-state index contributed by atoms with van der Waals surface area (Å²) >= 11 is 0. The van der Waals surface area contributed by atoms with Gasteiger partial charge in [0.1, 0.15) is 11.5 Å². The fourth-order valence-corrected chi connectivity index (χ4v) is 3.34. The van der Waals surface area contributed by atoms with Crippen molar-refractivity contribution in [1.29, 1.82) is 0 Å². The van der Waals surface area contributed by atoms with Gasteiger partial charge in [-0.3, -0.25) is 0 Å². The minimum absolute atomic E-state index is 0.226. The quantitative estimate of drug-likeness (QED) is 0.626. The van der Waals surface area contributed by atoms with Crippen LogP contribution in [0.5, 0.6) is 11.5 Å². The van der Waals surface area contributed by atoms with Crippen LogP contribution in [0.1, 0.15) is 25.7 Å². The summed E-state index contributed by atoms with van der Waals surface area (Å²) < 4.78 is 16.1. The van der Waals surface area contributed by atoms with E-state index in [1.54, 1.807) is 7.11 Å². The molecule has 2 heterocycles. The Bertz CT molecular complexity index is 882. The summed E-state index contributed by atoms with van der Waals surface area (Å²) in [4.78, 5) is 6.88. The highest BCUT2D eigenvalue weighted by Crippen LogP contribution is 2.26. The second kappa shape index (κ2) is 8.33. The summed E-state index contributed by atoms with van der Waals surface area (Å²) in [7, 11) is 1.63. The average molecular weight is 379 g/mol. The van der Waals surface area contributed by atoms with Crippen LogP contribution >= 0.6 is 0 Å². The molecule has 146 valence electrons. The van der Waals surface area contributed by atoms with Crippen molar-refractivity contribution in [1.82, 2.24) is 10.1 Å². The first-order valence-electron chi connectivity index (χ1n) is 9.66. The van der Waals surface area contributed by atoms with Gasteiger partial charge in [0.05, 0.1) is 7.11 Å². The number of nitrogens with zero attached hydrogens (tertiary/aromatic N) is 3. The zero-order valence-corrected chi connectivity index (χ0v) is 16.3. The van der Waals surface area contributed by atoms with Crippen molar-refractivity contribution < 1.29 is 14.0 Å². The van der Waals surface area contributed by atoms with Gasteiger partial charge in [-0.1, -0.05) is 12.1 Å². The molecular weight excluding hydrogens is 354 g/mol. The third-order valence-electron chi connectivity index (χ3n) is 5.16. The minimum atomic E-state index is 0.226. The fraction of sp³-hybridized carbons (Fsp3) is 0.364. The lowest BCUT2D eigenvalue weighted by atomic mass is 9.98. The molecule has 1 fully saturated rings. The SMILES string of the molecule is COc1ccc(OCc2nc(-c3ccc(N4CCC(C)CC4)cc3)no2)cc1. The zero-order valence-electron chi connectivity index (χ0n) is 16.3. The Kier molecular flexibility index (Phi) is 5.46. The molecule has 0 saturated carbocycles. The van der Waals surface area contributed by atoms with Crippen molar-refractivity contribution in [3.8, 4) is 22.9 Å². The molecule has 0 unspecified atom stereocenters. The van der Waals surface area contributed by atoms with E-state index < -0.39 is 0 Å². The van der Waals surface area contributed by atoms with Crippen LogP contribution in [0, 0.1) is 5.92 Å². The first-order valence-corrected chi connectivity index (χ1v) is 9.66. The maximum absolute atomic E-state index is 5.69. The molecule has 0 amide bonds. The Morgan fingerprint density at radius 3 is 2.36 bits per heavy atom. The van der Waals surface area contributed by atoms with E-state index in [1.807, 2.05) is 36.4 Å². The third kappa shape index (κ3) is 4.27. The Balaban J connectivity index is 1.36. The lowest BCUT2D eigenvalue weighted by Gasteiger charge is -2.32. The number of hydrogen-bond donors (Lipinski definition) is 0. The predicted molar refractivity (Wildman–Crippen MR) is 108 cm³/mol. The largest absolute Gasteiger partial charge is 0.497 e. The number of piperidine rings is 1. The Labute approximate surface area is 165 Å². The molecule has 3 aromatic rings. The minimum Gasteiger partial charge on any atom is -0.497 e. The van der Waals surface area contributed by atoms with Crippen LogP contribution in [0.2, 0.25) is 0 Å². The Morgan fingerprint density at radius 2 is 1.68 bits per heavy atom. The van der Waals surface area contributed by atoms with E-state index in [4.69, 9.17) is 14.0 Å². The van der Waals surface area contributed by atoms with E-state index in [0.717, 1.165) is 36.1 Å². The molecule has 0 N–H and O–H groups in total. The van der Waals surface area contributed by atoms with E-state index in [1.165, 1.54) is 18.5 Å². The van der Waals surface area contributed by atoms with Crippen molar-refractivity contribution in [3.63, 3.8) is 0 Å². The first kappa shape index (κ1) is 18.3. The van der Waals surface area contributed by atoms with Crippen LogP contribution in [0.4, 0.5) is 5.69 Å². The third-order valence-corrected chi connectivity index (χ3v) is 5.16. The molecular formula is C22H25N3O3. The molecule has 1 aliphatic rings. The van der Waals surface area contributed by atoms with Crippen molar-refractivity contribution in [3.05, 3.63) is 54.4 Å². The highest BCUT2D eigenvalue weighted by Gasteiger charge is 2.16. The lowest BCUT2D eigenvalue weighted by molar-refractivity contribution is 0.242. The predicted octanol–water partition coefficient (Wildman–Crippen LogP) is 4.56. The smallest absolute Gasteiger partial charge is 0.264 e. The van der Waals surface area contributed by atoms with Gasteiger partial charge in [0, 0.05) is 24.3 Å². The summed E-state index contributed by atoms with van der Waals surface area (Å²) in [6.07, 6.45) is 2.51. The van der Waals surface area contributed by atoms with Crippen molar-refractivity contribution in [2.45, 2.75) is 26.4 Å². The highest BCUT2D eigenvalue weighted by atomic mass is 16.5. The number of aromatic nitrogens is 2. The van der Waals surface area contributed by atoms with E-state index >= 15 is 0 Å². The summed E-state index contributed by atoms with van der Waals surface area (Å²) in [5, 5.41) is 4.08. The number of hydrogen-bond acceptors (Lipinski definition) is 6. The maximum Gasteiger partial charge on any atom is 0.264 e. The summed E-state index contributed by atoms with van der Waals surface area (Å²) in [6.45, 7) is 4.79. The molecule has 0 aliphatic carbocycles. The molecule has 0 radical (unpaired) electrons. The van der Waals surface area contributed by atoms with Gasteiger partial charge in [0.15, 0.2) is 6.61 Å². The van der Waals surface area contributed by atoms with Gasteiger partial charge in [-0.15, -0.1) is 0 Å². The van der Waals surface area contributed by atoms with E-state index in [9.17, 15) is 0 Å². The van der Waals surface area contributed by atoms with Gasteiger partial charge >= 0.3 is 0 Å². The molecule has 1 saturated heterocycles. The molecule has 6 heteroatoms. The van der Waals surface area contributed by atoms with Gasteiger partial charge in [-0.2, -0.15) is 4.98 Å². The second-order valence-electron chi connectivity index (χ2n) is 7.19. The van der Waals surface area contributed by atoms with E-state index in [-0.39, 0.29) is 6.61 Å². The monoisotopic (exact) mass is 379 g/mol. The topological polar surface area (TPSA) is 60.6 Å². The van der Waals surface area contributed by atoms with Gasteiger partial charge in [-0.25, -0.2) is 0 Å². The lowest BCUT2D eigenvalue weighted by Crippen LogP contribution is -2.32. The normalized spacial score (nSPS) is 14.9. The highest BCUT2D eigenvalue weighted by molar-refractivity contribution is 5.60. The summed E-state index contributed by atoms with van der Waals surface area (Å²) in [5.74, 6) is 3.36. The Hall–Kier alpha value is -3.02. The molecule has 4 rings (SSSR count). The van der Waals surface area contributed by atoms with E-state index in [2.05, 4.69) is 34.1 Å². The van der Waals surface area contributed by atoms with Crippen molar-refractivity contribution >= 4 is 5.69 Å². The number of anilines is 1. The average Bonchev–Trinajstić information content (AvgIpc) is 3.22. The van der Waals surface area contributed by atoms with Crippen LogP contribution in [0.15, 0.2) is 53.1 Å². The maximum atomic E-state index is 5.69. The van der Waals surface area contributed by atoms with Gasteiger partial charge in [-0.05, 0) is 67.3 Å².